The summed E-state index contributed by atoms with van der Waals surface area (Å²) in [4.78, 5) is 0. The lowest BCUT2D eigenvalue weighted by molar-refractivity contribution is 0.0754. The molecule has 1 unspecified atom stereocenters. The molecule has 0 bridgehead atoms. The molecule has 2 rings (SSSR count). The Labute approximate surface area is 109 Å². The van der Waals surface area contributed by atoms with E-state index in [1.807, 2.05) is 19.1 Å². The van der Waals surface area contributed by atoms with Crippen LogP contribution in [-0.4, -0.2) is 25.9 Å². The van der Waals surface area contributed by atoms with Crippen molar-refractivity contribution in [1.82, 2.24) is 5.32 Å². The molecular formula is C15H23NO2. The van der Waals surface area contributed by atoms with E-state index >= 15 is 0 Å². The van der Waals surface area contributed by atoms with Gasteiger partial charge in [-0.3, -0.25) is 0 Å². The Balaban J connectivity index is 1.89. The fourth-order valence-corrected chi connectivity index (χ4v) is 2.33. The minimum absolute atomic E-state index is 0.378. The molecule has 0 saturated carbocycles. The monoisotopic (exact) mass is 249 g/mol. The number of hydrogen-bond donors (Lipinski definition) is 1. The Morgan fingerprint density at radius 1 is 1.28 bits per heavy atom. The van der Waals surface area contributed by atoms with Gasteiger partial charge in [0.15, 0.2) is 0 Å². The van der Waals surface area contributed by atoms with Crippen molar-refractivity contribution in [2.45, 2.75) is 38.8 Å². The molecule has 0 radical (unpaired) electrons. The van der Waals surface area contributed by atoms with Crippen molar-refractivity contribution in [3.63, 3.8) is 0 Å². The van der Waals surface area contributed by atoms with E-state index in [0.717, 1.165) is 38.4 Å². The molecule has 1 aromatic rings. The van der Waals surface area contributed by atoms with Crippen molar-refractivity contribution in [3.8, 4) is 5.75 Å². The van der Waals surface area contributed by atoms with Crippen LogP contribution in [0.2, 0.25) is 0 Å². The van der Waals surface area contributed by atoms with Gasteiger partial charge in [0.05, 0.1) is 6.61 Å². The normalized spacial score (nSPS) is 18.6. The van der Waals surface area contributed by atoms with Crippen molar-refractivity contribution in [3.05, 3.63) is 29.8 Å². The van der Waals surface area contributed by atoms with Crippen LogP contribution in [0, 0.1) is 0 Å². The van der Waals surface area contributed by atoms with E-state index in [1.165, 1.54) is 5.56 Å². The minimum Gasteiger partial charge on any atom is -0.494 e. The Hall–Kier alpha value is -1.06. The standard InChI is InChI=1S/C15H23NO2/c1-3-18-15-6-4-13(5-7-15)12(2)16-14-8-10-17-11-9-14/h4-7,12,14,16H,3,8-11H2,1-2H3. The molecule has 18 heavy (non-hydrogen) atoms. The molecule has 3 nitrogen and oxygen atoms in total. The molecular weight excluding hydrogens is 226 g/mol. The number of benzene rings is 1. The van der Waals surface area contributed by atoms with Crippen LogP contribution in [0.15, 0.2) is 24.3 Å². The molecule has 1 aliphatic heterocycles. The first kappa shape index (κ1) is 13.4. The number of rotatable bonds is 5. The molecule has 1 fully saturated rings. The highest BCUT2D eigenvalue weighted by Crippen LogP contribution is 2.19. The van der Waals surface area contributed by atoms with Crippen LogP contribution < -0.4 is 10.1 Å². The summed E-state index contributed by atoms with van der Waals surface area (Å²) < 4.78 is 10.8. The van der Waals surface area contributed by atoms with Crippen molar-refractivity contribution < 1.29 is 9.47 Å². The van der Waals surface area contributed by atoms with Gasteiger partial charge in [-0.1, -0.05) is 12.1 Å². The summed E-state index contributed by atoms with van der Waals surface area (Å²) in [7, 11) is 0. The van der Waals surface area contributed by atoms with Gasteiger partial charge >= 0.3 is 0 Å². The van der Waals surface area contributed by atoms with Gasteiger partial charge < -0.3 is 14.8 Å². The smallest absolute Gasteiger partial charge is 0.119 e. The third-order valence-corrected chi connectivity index (χ3v) is 3.40. The van der Waals surface area contributed by atoms with Crippen molar-refractivity contribution in [1.29, 1.82) is 0 Å². The highest BCUT2D eigenvalue weighted by atomic mass is 16.5. The van der Waals surface area contributed by atoms with Gasteiger partial charge in [0.1, 0.15) is 5.75 Å². The van der Waals surface area contributed by atoms with Crippen LogP contribution in [0.3, 0.4) is 0 Å². The molecule has 1 aliphatic rings. The highest BCUT2D eigenvalue weighted by molar-refractivity contribution is 5.29. The van der Waals surface area contributed by atoms with Gasteiger partial charge in [-0.2, -0.15) is 0 Å². The van der Waals surface area contributed by atoms with Gasteiger partial charge in [0.25, 0.3) is 0 Å². The van der Waals surface area contributed by atoms with Crippen molar-refractivity contribution in [2.75, 3.05) is 19.8 Å². The second-order valence-electron chi connectivity index (χ2n) is 4.78. The molecule has 0 aliphatic carbocycles. The number of nitrogens with one attached hydrogen (secondary N) is 1. The first-order valence-electron chi connectivity index (χ1n) is 6.86. The van der Waals surface area contributed by atoms with Crippen LogP contribution >= 0.6 is 0 Å². The van der Waals surface area contributed by atoms with E-state index in [4.69, 9.17) is 9.47 Å². The second-order valence-corrected chi connectivity index (χ2v) is 4.78. The number of ether oxygens (including phenoxy) is 2. The average molecular weight is 249 g/mol. The summed E-state index contributed by atoms with van der Waals surface area (Å²) >= 11 is 0. The maximum absolute atomic E-state index is 5.45. The molecule has 100 valence electrons. The van der Waals surface area contributed by atoms with Gasteiger partial charge in [-0.15, -0.1) is 0 Å². The van der Waals surface area contributed by atoms with E-state index in [9.17, 15) is 0 Å². The summed E-state index contributed by atoms with van der Waals surface area (Å²) in [5, 5.41) is 3.67. The first-order valence-corrected chi connectivity index (χ1v) is 6.86. The lowest BCUT2D eigenvalue weighted by atomic mass is 10.0. The highest BCUT2D eigenvalue weighted by Gasteiger charge is 2.16. The van der Waals surface area contributed by atoms with Crippen LogP contribution in [0.1, 0.15) is 38.3 Å². The lowest BCUT2D eigenvalue weighted by Gasteiger charge is -2.27. The quantitative estimate of drug-likeness (QED) is 0.870. The van der Waals surface area contributed by atoms with Gasteiger partial charge in [0.2, 0.25) is 0 Å². The Morgan fingerprint density at radius 2 is 1.94 bits per heavy atom. The Kier molecular flexibility index (Phi) is 5.02. The Morgan fingerprint density at radius 3 is 2.56 bits per heavy atom. The molecule has 0 aromatic heterocycles. The minimum atomic E-state index is 0.378. The van der Waals surface area contributed by atoms with Crippen LogP contribution in [0.5, 0.6) is 5.75 Å². The zero-order valence-electron chi connectivity index (χ0n) is 11.3. The fraction of sp³-hybridized carbons (Fsp3) is 0.600. The predicted octanol–water partition coefficient (Wildman–Crippen LogP) is 2.91. The summed E-state index contributed by atoms with van der Waals surface area (Å²) in [5.41, 5.74) is 1.31. The molecule has 1 atom stereocenters. The third kappa shape index (κ3) is 3.72. The summed E-state index contributed by atoms with van der Waals surface area (Å²) in [6.07, 6.45) is 2.22. The largest absolute Gasteiger partial charge is 0.494 e. The topological polar surface area (TPSA) is 30.5 Å². The molecule has 0 spiro atoms. The summed E-state index contributed by atoms with van der Waals surface area (Å²) in [6.45, 7) is 6.70. The van der Waals surface area contributed by atoms with E-state index in [0.29, 0.717) is 12.1 Å². The fourth-order valence-electron chi connectivity index (χ4n) is 2.33. The van der Waals surface area contributed by atoms with Gasteiger partial charge in [-0.05, 0) is 44.4 Å². The SMILES string of the molecule is CCOc1ccc(C(C)NC2CCOCC2)cc1. The third-order valence-electron chi connectivity index (χ3n) is 3.40. The van der Waals surface area contributed by atoms with E-state index in [2.05, 4.69) is 24.4 Å². The van der Waals surface area contributed by atoms with Gasteiger partial charge in [-0.25, -0.2) is 0 Å². The Bertz CT molecular complexity index is 344. The van der Waals surface area contributed by atoms with Crippen LogP contribution in [0.4, 0.5) is 0 Å². The van der Waals surface area contributed by atoms with Crippen LogP contribution in [0.25, 0.3) is 0 Å². The van der Waals surface area contributed by atoms with E-state index in [1.54, 1.807) is 0 Å². The average Bonchev–Trinajstić information content (AvgIpc) is 2.41. The molecule has 3 heteroatoms. The zero-order valence-corrected chi connectivity index (χ0v) is 11.3. The molecule has 0 amide bonds. The molecule has 1 aromatic carbocycles. The summed E-state index contributed by atoms with van der Waals surface area (Å²) in [6, 6.07) is 9.33. The zero-order chi connectivity index (χ0) is 12.8. The maximum Gasteiger partial charge on any atom is 0.119 e. The van der Waals surface area contributed by atoms with Crippen LogP contribution in [-0.2, 0) is 4.74 Å². The van der Waals surface area contributed by atoms with Gasteiger partial charge in [0, 0.05) is 25.3 Å². The van der Waals surface area contributed by atoms with E-state index < -0.39 is 0 Å². The maximum atomic E-state index is 5.45. The lowest BCUT2D eigenvalue weighted by Crippen LogP contribution is -2.36. The predicted molar refractivity (Wildman–Crippen MR) is 73.0 cm³/mol. The van der Waals surface area contributed by atoms with E-state index in [-0.39, 0.29) is 0 Å². The molecule has 1 heterocycles. The molecule has 1 N–H and O–H groups in total. The molecule has 1 saturated heterocycles. The number of hydrogen-bond acceptors (Lipinski definition) is 3. The summed E-state index contributed by atoms with van der Waals surface area (Å²) in [5.74, 6) is 0.944. The first-order chi connectivity index (χ1) is 8.79. The van der Waals surface area contributed by atoms with Crippen molar-refractivity contribution in [2.24, 2.45) is 0 Å². The second kappa shape index (κ2) is 6.76. The van der Waals surface area contributed by atoms with Crippen molar-refractivity contribution >= 4 is 0 Å².